The second kappa shape index (κ2) is 7.13. The molecule has 2 rings (SSSR count). The molecule has 0 heterocycles. The fourth-order valence-corrected chi connectivity index (χ4v) is 2.35. The summed E-state index contributed by atoms with van der Waals surface area (Å²) in [6.45, 7) is 1.68. The maximum Gasteiger partial charge on any atom is 0.416 e. The zero-order valence-electron chi connectivity index (χ0n) is 14.6. The summed E-state index contributed by atoms with van der Waals surface area (Å²) in [5.41, 5.74) is -2.30. The van der Waals surface area contributed by atoms with Crippen molar-refractivity contribution in [3.63, 3.8) is 0 Å². The van der Waals surface area contributed by atoms with Gasteiger partial charge in [-0.3, -0.25) is 0 Å². The van der Waals surface area contributed by atoms with E-state index in [9.17, 15) is 31.1 Å². The van der Waals surface area contributed by atoms with Crippen LogP contribution < -0.4 is 5.32 Å². The molecule has 0 atom stereocenters. The second-order valence-corrected chi connectivity index (χ2v) is 6.17. The number of nitrogens with zero attached hydrogens (tertiary/aromatic N) is 1. The highest BCUT2D eigenvalue weighted by Gasteiger charge is 2.37. The SMILES string of the molecule is Cc1ccc(-c2cc(C(F)(F)F)cc(C(F)(F)F)c2)c(NC(=O)N(C)C)c1. The summed E-state index contributed by atoms with van der Waals surface area (Å²) >= 11 is 0. The van der Waals surface area contributed by atoms with Crippen molar-refractivity contribution >= 4 is 11.7 Å². The van der Waals surface area contributed by atoms with E-state index in [1.54, 1.807) is 6.92 Å². The summed E-state index contributed by atoms with van der Waals surface area (Å²) in [6.07, 6.45) is -9.90. The predicted octanol–water partition coefficient (Wildman–Crippen LogP) is 5.79. The van der Waals surface area contributed by atoms with Gasteiger partial charge in [0.1, 0.15) is 0 Å². The van der Waals surface area contributed by atoms with Crippen molar-refractivity contribution in [2.45, 2.75) is 19.3 Å². The summed E-state index contributed by atoms with van der Waals surface area (Å²) in [5, 5.41) is 2.49. The third kappa shape index (κ3) is 4.93. The number of nitrogens with one attached hydrogen (secondary N) is 1. The highest BCUT2D eigenvalue weighted by atomic mass is 19.4. The molecule has 2 amide bonds. The Morgan fingerprint density at radius 1 is 0.889 bits per heavy atom. The van der Waals surface area contributed by atoms with Crippen molar-refractivity contribution in [2.75, 3.05) is 19.4 Å². The maximum absolute atomic E-state index is 13.1. The van der Waals surface area contributed by atoms with E-state index in [4.69, 9.17) is 0 Å². The number of aryl methyl sites for hydroxylation is 1. The van der Waals surface area contributed by atoms with Gasteiger partial charge < -0.3 is 10.2 Å². The number of hydrogen-bond acceptors (Lipinski definition) is 1. The number of anilines is 1. The molecule has 0 aliphatic carbocycles. The van der Waals surface area contributed by atoms with Gasteiger partial charge in [-0.15, -0.1) is 0 Å². The highest BCUT2D eigenvalue weighted by Crippen LogP contribution is 2.40. The van der Waals surface area contributed by atoms with E-state index in [0.717, 1.165) is 0 Å². The molecule has 9 heteroatoms. The zero-order valence-corrected chi connectivity index (χ0v) is 14.6. The first-order valence-corrected chi connectivity index (χ1v) is 7.68. The Bertz CT molecular complexity index is 824. The molecule has 0 aromatic heterocycles. The Balaban J connectivity index is 2.68. The molecule has 27 heavy (non-hydrogen) atoms. The lowest BCUT2D eigenvalue weighted by Gasteiger charge is -2.18. The third-order valence-electron chi connectivity index (χ3n) is 3.72. The first-order valence-electron chi connectivity index (χ1n) is 7.68. The Hall–Kier alpha value is -2.71. The van der Waals surface area contributed by atoms with Crippen LogP contribution in [0.3, 0.4) is 0 Å². The molecule has 2 aromatic carbocycles. The van der Waals surface area contributed by atoms with E-state index >= 15 is 0 Å². The van der Waals surface area contributed by atoms with E-state index in [-0.39, 0.29) is 22.9 Å². The van der Waals surface area contributed by atoms with Gasteiger partial charge in [0, 0.05) is 19.7 Å². The number of alkyl halides is 6. The van der Waals surface area contributed by atoms with Gasteiger partial charge in [0.2, 0.25) is 0 Å². The van der Waals surface area contributed by atoms with Gasteiger partial charge in [0.15, 0.2) is 0 Å². The number of carbonyl (C=O) groups is 1. The fraction of sp³-hybridized carbons (Fsp3) is 0.278. The van der Waals surface area contributed by atoms with Crippen molar-refractivity contribution in [3.05, 3.63) is 53.1 Å². The normalized spacial score (nSPS) is 12.0. The molecular formula is C18H16F6N2O. The van der Waals surface area contributed by atoms with Crippen LogP contribution in [0.1, 0.15) is 16.7 Å². The Morgan fingerprint density at radius 2 is 1.41 bits per heavy atom. The van der Waals surface area contributed by atoms with Crippen LogP contribution in [0, 0.1) is 6.92 Å². The van der Waals surface area contributed by atoms with Crippen molar-refractivity contribution in [1.29, 1.82) is 0 Å². The molecule has 0 aliphatic heterocycles. The van der Waals surface area contributed by atoms with Gasteiger partial charge in [0.25, 0.3) is 0 Å². The molecule has 3 nitrogen and oxygen atoms in total. The van der Waals surface area contributed by atoms with Crippen molar-refractivity contribution < 1.29 is 31.1 Å². The molecule has 0 fully saturated rings. The standard InChI is InChI=1S/C18H16F6N2O/c1-10-4-5-14(15(6-10)25-16(27)26(2)3)11-7-12(17(19,20)21)9-13(8-11)18(22,23)24/h4-9H,1-3H3,(H,25,27). The number of hydrogen-bond donors (Lipinski definition) is 1. The number of benzene rings is 2. The van der Waals surface area contributed by atoms with Crippen LogP contribution >= 0.6 is 0 Å². The average Bonchev–Trinajstić information content (AvgIpc) is 2.52. The van der Waals surface area contributed by atoms with Crippen molar-refractivity contribution in [3.8, 4) is 11.1 Å². The average molecular weight is 390 g/mol. The number of carbonyl (C=O) groups excluding carboxylic acids is 1. The Labute approximate surface area is 151 Å². The molecule has 1 N–H and O–H groups in total. The van der Waals surface area contributed by atoms with E-state index in [2.05, 4.69) is 5.32 Å². The molecule has 0 radical (unpaired) electrons. The highest BCUT2D eigenvalue weighted by molar-refractivity contribution is 5.94. The quantitative estimate of drug-likeness (QED) is 0.647. The van der Waals surface area contributed by atoms with E-state index in [1.807, 2.05) is 0 Å². The lowest BCUT2D eigenvalue weighted by atomic mass is 9.97. The largest absolute Gasteiger partial charge is 0.416 e. The molecule has 0 unspecified atom stereocenters. The number of halogens is 6. The molecule has 0 spiro atoms. The topological polar surface area (TPSA) is 32.3 Å². The maximum atomic E-state index is 13.1. The Morgan fingerprint density at radius 3 is 1.85 bits per heavy atom. The van der Waals surface area contributed by atoms with E-state index in [1.165, 1.54) is 37.2 Å². The molecule has 0 aliphatic rings. The van der Waals surface area contributed by atoms with Crippen LogP contribution in [0.4, 0.5) is 36.8 Å². The monoisotopic (exact) mass is 390 g/mol. The molecule has 0 bridgehead atoms. The van der Waals surface area contributed by atoms with Gasteiger partial charge in [-0.1, -0.05) is 12.1 Å². The first-order chi connectivity index (χ1) is 12.3. The smallest absolute Gasteiger partial charge is 0.331 e. The molecule has 146 valence electrons. The van der Waals surface area contributed by atoms with Crippen LogP contribution in [0.2, 0.25) is 0 Å². The summed E-state index contributed by atoms with van der Waals surface area (Å²) in [7, 11) is 2.91. The van der Waals surface area contributed by atoms with Gasteiger partial charge >= 0.3 is 18.4 Å². The summed E-state index contributed by atoms with van der Waals surface area (Å²) in [4.78, 5) is 13.1. The second-order valence-electron chi connectivity index (χ2n) is 6.17. The van der Waals surface area contributed by atoms with Crippen molar-refractivity contribution in [2.24, 2.45) is 0 Å². The first kappa shape index (κ1) is 20.6. The lowest BCUT2D eigenvalue weighted by molar-refractivity contribution is -0.143. The summed E-state index contributed by atoms with van der Waals surface area (Å²) < 4.78 is 78.5. The van der Waals surface area contributed by atoms with Crippen LogP contribution in [-0.4, -0.2) is 25.0 Å². The number of amides is 2. The number of rotatable bonds is 2. The van der Waals surface area contributed by atoms with Gasteiger partial charge in [-0.05, 0) is 42.3 Å². The van der Waals surface area contributed by atoms with Crippen molar-refractivity contribution in [1.82, 2.24) is 4.90 Å². The zero-order chi connectivity index (χ0) is 20.6. The predicted molar refractivity (Wildman–Crippen MR) is 89.3 cm³/mol. The van der Waals surface area contributed by atoms with Crippen LogP contribution in [-0.2, 0) is 12.4 Å². The molecular weight excluding hydrogens is 374 g/mol. The minimum Gasteiger partial charge on any atom is -0.331 e. The number of urea groups is 1. The summed E-state index contributed by atoms with van der Waals surface area (Å²) in [6, 6.07) is 5.14. The van der Waals surface area contributed by atoms with Gasteiger partial charge in [-0.2, -0.15) is 26.3 Å². The Kier molecular flexibility index (Phi) is 5.44. The van der Waals surface area contributed by atoms with E-state index in [0.29, 0.717) is 17.7 Å². The van der Waals surface area contributed by atoms with Gasteiger partial charge in [0.05, 0.1) is 16.8 Å². The minimum absolute atomic E-state index is 0.0485. The van der Waals surface area contributed by atoms with Crippen LogP contribution in [0.15, 0.2) is 36.4 Å². The van der Waals surface area contributed by atoms with Crippen LogP contribution in [0.25, 0.3) is 11.1 Å². The molecule has 0 saturated carbocycles. The van der Waals surface area contributed by atoms with Crippen LogP contribution in [0.5, 0.6) is 0 Å². The fourth-order valence-electron chi connectivity index (χ4n) is 2.35. The third-order valence-corrected chi connectivity index (χ3v) is 3.72. The molecule has 0 saturated heterocycles. The lowest BCUT2D eigenvalue weighted by Crippen LogP contribution is -2.27. The van der Waals surface area contributed by atoms with Gasteiger partial charge in [-0.25, -0.2) is 4.79 Å². The molecule has 2 aromatic rings. The minimum atomic E-state index is -4.95. The van der Waals surface area contributed by atoms with E-state index < -0.39 is 29.5 Å². The summed E-state index contributed by atoms with van der Waals surface area (Å²) in [5.74, 6) is 0.